The van der Waals surface area contributed by atoms with Gasteiger partial charge in [0.15, 0.2) is 6.23 Å². The van der Waals surface area contributed by atoms with Crippen molar-refractivity contribution in [3.8, 4) is 6.07 Å². The molecule has 1 aromatic heterocycles. The molecule has 138 valence electrons. The van der Waals surface area contributed by atoms with Crippen LogP contribution in [0.25, 0.3) is 0 Å². The molecular weight excluding hydrogens is 384 g/mol. The predicted octanol–water partition coefficient (Wildman–Crippen LogP) is -5.42. The van der Waals surface area contributed by atoms with Crippen LogP contribution >= 0.6 is 7.82 Å². The topological polar surface area (TPSA) is 187 Å². The monoisotopic (exact) mass is 399 g/mol. The molecule has 14 heteroatoms. The number of hydrogen-bond acceptors (Lipinski definition) is 10. The summed E-state index contributed by atoms with van der Waals surface area (Å²) in [5.74, 6) is 0. The number of hydrogen-bond donors (Lipinski definition) is 3. The van der Waals surface area contributed by atoms with Gasteiger partial charge in [-0.1, -0.05) is 0 Å². The maximum Gasteiger partial charge on any atom is 1.00 e. The van der Waals surface area contributed by atoms with Gasteiger partial charge in [-0.05, 0) is 0 Å². The van der Waals surface area contributed by atoms with Crippen molar-refractivity contribution in [1.29, 1.82) is 5.26 Å². The Morgan fingerprint density at radius 2 is 2.19 bits per heavy atom. The summed E-state index contributed by atoms with van der Waals surface area (Å²) in [4.78, 5) is 36.5. The molecule has 26 heavy (non-hydrogen) atoms. The smallest absolute Gasteiger partial charge is 0.756 e. The Bertz CT molecular complexity index is 806. The Labute approximate surface area is 168 Å². The molecule has 3 N–H and O–H groups in total. The second-order valence-electron chi connectivity index (χ2n) is 5.01. The summed E-state index contributed by atoms with van der Waals surface area (Å²) in [5, 5.41) is 27.9. The van der Waals surface area contributed by atoms with Crippen molar-refractivity contribution in [2.45, 2.75) is 31.0 Å². The van der Waals surface area contributed by atoms with Crippen molar-refractivity contribution in [3.63, 3.8) is 0 Å². The van der Waals surface area contributed by atoms with Crippen LogP contribution in [0.3, 0.4) is 0 Å². The number of aliphatic hydroxyl groups excluding tert-OH is 2. The van der Waals surface area contributed by atoms with Crippen LogP contribution in [0.4, 0.5) is 0 Å². The second kappa shape index (κ2) is 9.91. The molecule has 0 aliphatic carbocycles. The molecule has 0 radical (unpaired) electrons. The number of aliphatic hydroxyl groups is 2. The van der Waals surface area contributed by atoms with E-state index in [2.05, 4.69) is 4.52 Å². The first-order valence-corrected chi connectivity index (χ1v) is 8.52. The first kappa shape index (κ1) is 23.2. The molecule has 0 saturated carbocycles. The van der Waals surface area contributed by atoms with Gasteiger partial charge in [0.25, 0.3) is 13.4 Å². The van der Waals surface area contributed by atoms with Gasteiger partial charge in [0.1, 0.15) is 18.3 Å². The van der Waals surface area contributed by atoms with E-state index in [0.717, 1.165) is 16.8 Å². The Balaban J connectivity index is 0.00000338. The average Bonchev–Trinajstić information content (AvgIpc) is 2.83. The SMILES string of the molecule is N#CCCOP(=O)([O-])O[C@H]1[C@@H](O)[C@H](n2ccc(=O)[nH]c2=O)O[C@@H]1CO.[Na+]. The van der Waals surface area contributed by atoms with E-state index in [1.807, 2.05) is 4.98 Å². The Hall–Kier alpha value is -0.840. The number of nitrogens with one attached hydrogen (secondary N) is 1. The summed E-state index contributed by atoms with van der Waals surface area (Å²) in [5.41, 5.74) is -1.57. The Kier molecular flexibility index (Phi) is 8.84. The zero-order valence-electron chi connectivity index (χ0n) is 13.7. The average molecular weight is 399 g/mol. The molecule has 5 atom stereocenters. The van der Waals surface area contributed by atoms with Crippen molar-refractivity contribution < 1.29 is 63.0 Å². The summed E-state index contributed by atoms with van der Waals surface area (Å²) in [6, 6.07) is 2.68. The fraction of sp³-hybridized carbons (Fsp3) is 0.583. The van der Waals surface area contributed by atoms with Gasteiger partial charge in [0.05, 0.1) is 25.7 Å². The third-order valence-corrected chi connectivity index (χ3v) is 4.33. The first-order chi connectivity index (χ1) is 11.8. The van der Waals surface area contributed by atoms with E-state index in [0.29, 0.717) is 0 Å². The minimum Gasteiger partial charge on any atom is -0.756 e. The molecule has 0 spiro atoms. The van der Waals surface area contributed by atoms with Crippen LogP contribution in [-0.2, 0) is 18.3 Å². The van der Waals surface area contributed by atoms with E-state index >= 15 is 0 Å². The fourth-order valence-electron chi connectivity index (χ4n) is 2.24. The van der Waals surface area contributed by atoms with Crippen LogP contribution in [0.2, 0.25) is 0 Å². The maximum absolute atomic E-state index is 11.8. The number of phosphoric ester groups is 1. The molecule has 0 amide bonds. The standard InChI is InChI=1S/C12H16N3O9P.Na/c13-3-1-5-22-25(20,21)24-10-7(6-16)23-11(9(10)18)15-4-2-8(17)14-12(15)19;/h2,4,7,9-11,16,18H,1,5-6H2,(H,20,21)(H,14,17,19);/q;+1/p-1/t7-,9-,10-,11-;/m1./s1. The summed E-state index contributed by atoms with van der Waals surface area (Å²) in [7, 11) is -4.89. The molecule has 1 aliphatic heterocycles. The normalized spacial score (nSPS) is 27.3. The van der Waals surface area contributed by atoms with E-state index < -0.39 is 56.8 Å². The number of rotatable bonds is 7. The van der Waals surface area contributed by atoms with Crippen LogP contribution in [0.1, 0.15) is 12.6 Å². The number of phosphoric acid groups is 1. The maximum atomic E-state index is 11.8. The van der Waals surface area contributed by atoms with Crippen LogP contribution < -0.4 is 45.7 Å². The van der Waals surface area contributed by atoms with Gasteiger partial charge in [-0.15, -0.1) is 0 Å². The van der Waals surface area contributed by atoms with E-state index in [-0.39, 0.29) is 36.0 Å². The van der Waals surface area contributed by atoms with Gasteiger partial charge >= 0.3 is 35.2 Å². The fourth-order valence-corrected chi connectivity index (χ4v) is 3.17. The van der Waals surface area contributed by atoms with Gasteiger partial charge in [-0.25, -0.2) is 4.79 Å². The van der Waals surface area contributed by atoms with E-state index in [9.17, 15) is 29.3 Å². The van der Waals surface area contributed by atoms with Gasteiger partial charge in [-0.3, -0.25) is 18.9 Å². The number of aromatic nitrogens is 2. The van der Waals surface area contributed by atoms with Crippen molar-refractivity contribution in [3.05, 3.63) is 33.1 Å². The molecular formula is C12H15N3NaO9P. The van der Waals surface area contributed by atoms with Crippen molar-refractivity contribution >= 4 is 7.82 Å². The van der Waals surface area contributed by atoms with Crippen LogP contribution in [0.5, 0.6) is 0 Å². The van der Waals surface area contributed by atoms with Gasteiger partial charge in [0, 0.05) is 12.3 Å². The molecule has 1 fully saturated rings. The van der Waals surface area contributed by atoms with Crippen LogP contribution in [0, 0.1) is 11.3 Å². The summed E-state index contributed by atoms with van der Waals surface area (Å²) in [6.45, 7) is -1.15. The van der Waals surface area contributed by atoms with E-state index in [4.69, 9.17) is 14.5 Å². The molecule has 1 aliphatic rings. The molecule has 0 aromatic carbocycles. The number of nitriles is 1. The molecule has 2 rings (SSSR count). The molecule has 1 saturated heterocycles. The Morgan fingerprint density at radius 3 is 2.77 bits per heavy atom. The molecule has 1 aromatic rings. The zero-order chi connectivity index (χ0) is 18.6. The van der Waals surface area contributed by atoms with Gasteiger partial charge in [0.2, 0.25) is 0 Å². The number of aromatic amines is 1. The van der Waals surface area contributed by atoms with Gasteiger partial charge < -0.3 is 28.9 Å². The first-order valence-electron chi connectivity index (χ1n) is 7.06. The minimum atomic E-state index is -4.89. The molecule has 12 nitrogen and oxygen atoms in total. The number of ether oxygens (including phenoxy) is 1. The molecule has 2 heterocycles. The minimum absolute atomic E-state index is 0. The third kappa shape index (κ3) is 5.58. The largest absolute Gasteiger partial charge is 1.00 e. The number of nitrogens with zero attached hydrogens (tertiary/aromatic N) is 2. The predicted molar refractivity (Wildman–Crippen MR) is 77.0 cm³/mol. The third-order valence-electron chi connectivity index (χ3n) is 3.33. The van der Waals surface area contributed by atoms with E-state index in [1.165, 1.54) is 0 Å². The van der Waals surface area contributed by atoms with E-state index in [1.54, 1.807) is 6.07 Å². The Morgan fingerprint density at radius 1 is 1.50 bits per heavy atom. The molecule has 1 unspecified atom stereocenters. The van der Waals surface area contributed by atoms with Crippen molar-refractivity contribution in [1.82, 2.24) is 9.55 Å². The zero-order valence-corrected chi connectivity index (χ0v) is 16.6. The van der Waals surface area contributed by atoms with Crippen molar-refractivity contribution in [2.24, 2.45) is 0 Å². The second-order valence-corrected chi connectivity index (χ2v) is 6.38. The molecule has 0 bridgehead atoms. The quantitative estimate of drug-likeness (QED) is 0.227. The van der Waals surface area contributed by atoms with Crippen LogP contribution in [0.15, 0.2) is 21.9 Å². The van der Waals surface area contributed by atoms with Gasteiger partial charge in [-0.2, -0.15) is 5.26 Å². The summed E-state index contributed by atoms with van der Waals surface area (Å²) >= 11 is 0. The van der Waals surface area contributed by atoms with Crippen molar-refractivity contribution in [2.75, 3.05) is 13.2 Å². The van der Waals surface area contributed by atoms with Crippen LogP contribution in [-0.4, -0.2) is 51.3 Å². The summed E-state index contributed by atoms with van der Waals surface area (Å²) < 4.78 is 27.0. The summed E-state index contributed by atoms with van der Waals surface area (Å²) in [6.07, 6.45) is -5.04. The number of H-pyrrole nitrogens is 1.